The number of aromatic nitrogens is 3. The fourth-order valence-electron chi connectivity index (χ4n) is 3.27. The van der Waals surface area contributed by atoms with Crippen molar-refractivity contribution < 1.29 is 9.53 Å². The van der Waals surface area contributed by atoms with E-state index in [0.29, 0.717) is 23.2 Å². The first-order valence-electron chi connectivity index (χ1n) is 10.4. The van der Waals surface area contributed by atoms with Gasteiger partial charge in [0.15, 0.2) is 0 Å². The van der Waals surface area contributed by atoms with Crippen LogP contribution >= 0.6 is 0 Å². The van der Waals surface area contributed by atoms with E-state index in [2.05, 4.69) is 46.2 Å². The second kappa shape index (κ2) is 9.35. The lowest BCUT2D eigenvalue weighted by Gasteiger charge is -2.12. The number of pyridine rings is 1. The summed E-state index contributed by atoms with van der Waals surface area (Å²) in [6.07, 6.45) is 1.47. The van der Waals surface area contributed by atoms with Gasteiger partial charge in [0.1, 0.15) is 23.0 Å². The van der Waals surface area contributed by atoms with Gasteiger partial charge >= 0.3 is 0 Å². The van der Waals surface area contributed by atoms with Gasteiger partial charge in [-0.15, -0.1) is 0 Å². The third-order valence-electron chi connectivity index (χ3n) is 4.92. The van der Waals surface area contributed by atoms with Crippen LogP contribution in [-0.4, -0.2) is 20.9 Å². The highest BCUT2D eigenvalue weighted by atomic mass is 16.5. The Morgan fingerprint density at radius 3 is 2.55 bits per heavy atom. The van der Waals surface area contributed by atoms with Crippen molar-refractivity contribution in [2.75, 3.05) is 11.1 Å². The van der Waals surface area contributed by atoms with Crippen LogP contribution < -0.4 is 21.5 Å². The van der Waals surface area contributed by atoms with Crippen LogP contribution in [-0.2, 0) is 0 Å². The molecule has 2 heterocycles. The van der Waals surface area contributed by atoms with E-state index >= 15 is 0 Å². The zero-order chi connectivity index (χ0) is 23.4. The number of rotatable bonds is 7. The highest BCUT2D eigenvalue weighted by Gasteiger charge is 2.09. The number of carbonyl (C=O) groups excluding carboxylic acids is 1. The summed E-state index contributed by atoms with van der Waals surface area (Å²) < 4.78 is 5.85. The second-order valence-corrected chi connectivity index (χ2v) is 7.77. The van der Waals surface area contributed by atoms with Crippen molar-refractivity contribution in [3.05, 3.63) is 84.2 Å². The third-order valence-corrected chi connectivity index (χ3v) is 4.92. The van der Waals surface area contributed by atoms with Gasteiger partial charge in [0.25, 0.3) is 5.91 Å². The maximum Gasteiger partial charge on any atom is 0.267 e. The van der Waals surface area contributed by atoms with E-state index in [4.69, 9.17) is 16.2 Å². The van der Waals surface area contributed by atoms with E-state index in [9.17, 15) is 4.79 Å². The van der Waals surface area contributed by atoms with Gasteiger partial charge in [0.2, 0.25) is 5.95 Å². The van der Waals surface area contributed by atoms with E-state index in [1.807, 2.05) is 36.4 Å². The number of ether oxygens (including phenoxy) is 1. The molecule has 5 N–H and O–H groups in total. The average Bonchev–Trinajstić information content (AvgIpc) is 2.79. The van der Waals surface area contributed by atoms with E-state index in [-0.39, 0.29) is 11.6 Å². The monoisotopic (exact) mass is 440 g/mol. The molecular formula is C25H24N6O2. The summed E-state index contributed by atoms with van der Waals surface area (Å²) in [6.45, 7) is 4.30. The van der Waals surface area contributed by atoms with Crippen molar-refractivity contribution in [2.45, 2.75) is 19.8 Å². The molecule has 4 aromatic rings. The van der Waals surface area contributed by atoms with Crippen molar-refractivity contribution in [3.8, 4) is 22.8 Å². The summed E-state index contributed by atoms with van der Waals surface area (Å²) in [4.78, 5) is 24.0. The van der Waals surface area contributed by atoms with Crippen LogP contribution in [0.5, 0.6) is 11.5 Å². The molecule has 166 valence electrons. The summed E-state index contributed by atoms with van der Waals surface area (Å²) in [7, 11) is 0. The number of carbonyl (C=O) groups is 1. The van der Waals surface area contributed by atoms with Gasteiger partial charge in [-0.05, 0) is 35.7 Å². The van der Waals surface area contributed by atoms with Crippen LogP contribution in [0, 0.1) is 0 Å². The van der Waals surface area contributed by atoms with Crippen molar-refractivity contribution in [2.24, 2.45) is 5.73 Å². The molecule has 0 saturated carbocycles. The van der Waals surface area contributed by atoms with E-state index in [1.54, 1.807) is 12.1 Å². The maximum atomic E-state index is 11.3. The first-order chi connectivity index (χ1) is 15.9. The molecule has 8 heteroatoms. The van der Waals surface area contributed by atoms with Crippen LogP contribution in [0.2, 0.25) is 0 Å². The minimum absolute atomic E-state index is 0.132. The molecule has 2 aromatic carbocycles. The summed E-state index contributed by atoms with van der Waals surface area (Å²) in [5, 5.41) is 3.25. The fourth-order valence-corrected chi connectivity index (χ4v) is 3.27. The second-order valence-electron chi connectivity index (χ2n) is 7.77. The van der Waals surface area contributed by atoms with Gasteiger partial charge in [0.05, 0.1) is 5.69 Å². The van der Waals surface area contributed by atoms with Crippen LogP contribution in [0.4, 0.5) is 17.5 Å². The number of hydrogen-bond acceptors (Lipinski definition) is 7. The molecule has 4 rings (SSSR count). The zero-order valence-electron chi connectivity index (χ0n) is 18.3. The topological polar surface area (TPSA) is 129 Å². The standard InChI is InChI=1S/C25H24N6O2/c1-15(2)16-5-3-6-17(11-16)21-14-23(31-25(27)30-21)29-18-7-4-8-19(12-18)33-20-9-10-28-22(13-20)24(26)32/h3-15H,1-2H3,(H2,26,32)(H3,27,29,30,31). The smallest absolute Gasteiger partial charge is 0.267 e. The van der Waals surface area contributed by atoms with Crippen molar-refractivity contribution in [3.63, 3.8) is 0 Å². The Balaban J connectivity index is 1.57. The van der Waals surface area contributed by atoms with E-state index < -0.39 is 5.91 Å². The maximum absolute atomic E-state index is 11.3. The molecule has 0 saturated heterocycles. The fraction of sp³-hybridized carbons (Fsp3) is 0.120. The highest BCUT2D eigenvalue weighted by Crippen LogP contribution is 2.28. The molecule has 0 atom stereocenters. The number of hydrogen-bond donors (Lipinski definition) is 3. The Kier molecular flexibility index (Phi) is 6.17. The summed E-state index contributed by atoms with van der Waals surface area (Å²) in [6, 6.07) is 20.5. The molecule has 0 spiro atoms. The number of anilines is 3. The number of nitrogens with zero attached hydrogens (tertiary/aromatic N) is 3. The molecule has 2 aromatic heterocycles. The van der Waals surface area contributed by atoms with Crippen LogP contribution in [0.25, 0.3) is 11.3 Å². The third kappa shape index (κ3) is 5.43. The minimum atomic E-state index is -0.619. The minimum Gasteiger partial charge on any atom is -0.457 e. The number of primary amides is 1. The van der Waals surface area contributed by atoms with Crippen LogP contribution in [0.1, 0.15) is 35.8 Å². The normalized spacial score (nSPS) is 10.8. The number of amides is 1. The SMILES string of the molecule is CC(C)c1cccc(-c2cc(Nc3cccc(Oc4ccnc(C(N)=O)c4)c3)nc(N)n2)c1. The lowest BCUT2D eigenvalue weighted by molar-refractivity contribution is 0.0995. The molecule has 0 unspecified atom stereocenters. The Morgan fingerprint density at radius 2 is 1.76 bits per heavy atom. The lowest BCUT2D eigenvalue weighted by Crippen LogP contribution is -2.12. The number of benzene rings is 2. The van der Waals surface area contributed by atoms with Crippen molar-refractivity contribution in [1.29, 1.82) is 0 Å². The predicted molar refractivity (Wildman–Crippen MR) is 129 cm³/mol. The first kappa shape index (κ1) is 21.8. The Hall–Kier alpha value is -4.46. The number of nitrogens with one attached hydrogen (secondary N) is 1. The Bertz CT molecular complexity index is 1310. The van der Waals surface area contributed by atoms with Crippen molar-refractivity contribution in [1.82, 2.24) is 15.0 Å². The molecule has 0 radical (unpaired) electrons. The average molecular weight is 441 g/mol. The predicted octanol–water partition coefficient (Wildman–Crippen LogP) is 4.88. The molecule has 0 aliphatic heterocycles. The van der Waals surface area contributed by atoms with Gasteiger partial charge < -0.3 is 21.5 Å². The van der Waals surface area contributed by atoms with E-state index in [1.165, 1.54) is 17.8 Å². The van der Waals surface area contributed by atoms with E-state index in [0.717, 1.165) is 16.9 Å². The number of nitrogens with two attached hydrogens (primary N) is 2. The van der Waals surface area contributed by atoms with Gasteiger partial charge in [0, 0.05) is 35.6 Å². The van der Waals surface area contributed by atoms with Crippen LogP contribution in [0.15, 0.2) is 72.9 Å². The Labute approximate surface area is 191 Å². The molecular weight excluding hydrogens is 416 g/mol. The van der Waals surface area contributed by atoms with Crippen molar-refractivity contribution >= 4 is 23.4 Å². The summed E-state index contributed by atoms with van der Waals surface area (Å²) >= 11 is 0. The van der Waals surface area contributed by atoms with Gasteiger partial charge in [-0.2, -0.15) is 4.98 Å². The molecule has 33 heavy (non-hydrogen) atoms. The van der Waals surface area contributed by atoms with Gasteiger partial charge in [-0.3, -0.25) is 9.78 Å². The molecule has 8 nitrogen and oxygen atoms in total. The molecule has 0 bridgehead atoms. The molecule has 1 amide bonds. The largest absolute Gasteiger partial charge is 0.457 e. The zero-order valence-corrected chi connectivity index (χ0v) is 18.3. The van der Waals surface area contributed by atoms with Gasteiger partial charge in [-0.1, -0.05) is 38.1 Å². The Morgan fingerprint density at radius 1 is 0.970 bits per heavy atom. The molecule has 0 fully saturated rings. The van der Waals surface area contributed by atoms with Gasteiger partial charge in [-0.25, -0.2) is 4.98 Å². The van der Waals surface area contributed by atoms with Crippen LogP contribution in [0.3, 0.4) is 0 Å². The quantitative estimate of drug-likeness (QED) is 0.373. The molecule has 0 aliphatic rings. The first-order valence-corrected chi connectivity index (χ1v) is 10.4. The highest BCUT2D eigenvalue weighted by molar-refractivity contribution is 5.91. The molecule has 0 aliphatic carbocycles. The summed E-state index contributed by atoms with van der Waals surface area (Å²) in [5.41, 5.74) is 15.1. The lowest BCUT2D eigenvalue weighted by atomic mass is 9.99. The number of nitrogen functional groups attached to an aromatic ring is 1. The summed E-state index contributed by atoms with van der Waals surface area (Å²) in [5.74, 6) is 1.54.